The molecular weight excluding hydrogens is 282 g/mol. The molecule has 0 bridgehead atoms. The molecule has 0 aromatic carbocycles. The third kappa shape index (κ3) is 4.85. The summed E-state index contributed by atoms with van der Waals surface area (Å²) in [5.41, 5.74) is 0.0679. The van der Waals surface area contributed by atoms with Crippen LogP contribution in [-0.4, -0.2) is 12.4 Å². The van der Waals surface area contributed by atoms with Crippen LogP contribution in [0.5, 0.6) is 0 Å². The van der Waals surface area contributed by atoms with Gasteiger partial charge in [-0.05, 0) is 36.5 Å². The molecule has 1 rings (SSSR count). The Morgan fingerprint density at radius 3 is 1.50 bits per heavy atom. The second-order valence-electron chi connectivity index (χ2n) is 6.96. The van der Waals surface area contributed by atoms with Crippen LogP contribution in [0.15, 0.2) is 0 Å². The first-order valence-electron chi connectivity index (χ1n) is 6.95. The molecule has 0 aliphatic heterocycles. The molecule has 0 atom stereocenters. The molecule has 0 radical (unpaired) electrons. The van der Waals surface area contributed by atoms with E-state index in [0.29, 0.717) is 18.8 Å². The average molecular weight is 304 g/mol. The molecule has 1 aliphatic carbocycles. The van der Waals surface area contributed by atoms with Crippen LogP contribution in [0.1, 0.15) is 52.9 Å². The van der Waals surface area contributed by atoms with Crippen molar-refractivity contribution in [2.24, 2.45) is 23.2 Å². The van der Waals surface area contributed by atoms with Crippen LogP contribution in [0.3, 0.4) is 0 Å². The number of hydrogen-bond donors (Lipinski definition) is 0. The van der Waals surface area contributed by atoms with Gasteiger partial charge in [-0.15, -0.1) is 0 Å². The molecule has 1 saturated carbocycles. The van der Waals surface area contributed by atoms with E-state index >= 15 is 0 Å². The molecule has 1 fully saturated rings. The van der Waals surface area contributed by atoms with E-state index in [9.17, 15) is 26.3 Å². The van der Waals surface area contributed by atoms with Crippen molar-refractivity contribution >= 4 is 0 Å². The number of rotatable bonds is 2. The molecule has 120 valence electrons. The third-order valence-electron chi connectivity index (χ3n) is 4.43. The zero-order valence-corrected chi connectivity index (χ0v) is 12.0. The highest BCUT2D eigenvalue weighted by molar-refractivity contribution is 4.84. The van der Waals surface area contributed by atoms with E-state index in [-0.39, 0.29) is 5.41 Å². The van der Waals surface area contributed by atoms with Crippen LogP contribution in [0.25, 0.3) is 0 Å². The third-order valence-corrected chi connectivity index (χ3v) is 4.43. The fraction of sp³-hybridized carbons (Fsp3) is 1.00. The van der Waals surface area contributed by atoms with Crippen molar-refractivity contribution in [2.75, 3.05) is 0 Å². The van der Waals surface area contributed by atoms with Gasteiger partial charge in [-0.25, -0.2) is 0 Å². The van der Waals surface area contributed by atoms with E-state index < -0.39 is 30.6 Å². The highest BCUT2D eigenvalue weighted by Gasteiger charge is 2.56. The molecule has 0 aromatic heterocycles. The maximum atomic E-state index is 12.5. The van der Waals surface area contributed by atoms with Gasteiger partial charge in [-0.1, -0.05) is 33.6 Å². The first-order chi connectivity index (χ1) is 8.82. The summed E-state index contributed by atoms with van der Waals surface area (Å²) >= 11 is 0. The number of hydrogen-bond acceptors (Lipinski definition) is 0. The van der Waals surface area contributed by atoms with Crippen molar-refractivity contribution < 1.29 is 26.3 Å². The lowest BCUT2D eigenvalue weighted by atomic mass is 9.68. The van der Waals surface area contributed by atoms with Gasteiger partial charge in [-0.3, -0.25) is 0 Å². The second kappa shape index (κ2) is 5.76. The van der Waals surface area contributed by atoms with E-state index in [1.165, 1.54) is 0 Å². The summed E-state index contributed by atoms with van der Waals surface area (Å²) in [6.45, 7) is 6.19. The van der Waals surface area contributed by atoms with Gasteiger partial charge < -0.3 is 0 Å². The second-order valence-corrected chi connectivity index (χ2v) is 6.96. The molecule has 0 aromatic rings. The Balaban J connectivity index is 2.62. The molecule has 6 heteroatoms. The molecule has 0 amide bonds. The molecular formula is C14H22F6. The lowest BCUT2D eigenvalue weighted by Crippen LogP contribution is -2.38. The van der Waals surface area contributed by atoms with Crippen molar-refractivity contribution in [3.8, 4) is 0 Å². The van der Waals surface area contributed by atoms with Gasteiger partial charge in [0.05, 0.1) is 0 Å². The highest BCUT2D eigenvalue weighted by atomic mass is 19.4. The van der Waals surface area contributed by atoms with Gasteiger partial charge in [0, 0.05) is 0 Å². The zero-order chi connectivity index (χ0) is 15.8. The lowest BCUT2D eigenvalue weighted by molar-refractivity contribution is -0.288. The minimum absolute atomic E-state index is 0.0679. The Hall–Kier alpha value is -0.420. The summed E-state index contributed by atoms with van der Waals surface area (Å²) in [4.78, 5) is 0. The molecule has 0 N–H and O–H groups in total. The average Bonchev–Trinajstić information content (AvgIpc) is 2.22. The lowest BCUT2D eigenvalue weighted by Gasteiger charge is -2.38. The maximum absolute atomic E-state index is 12.5. The summed E-state index contributed by atoms with van der Waals surface area (Å²) in [5, 5.41) is 0. The quantitative estimate of drug-likeness (QED) is 0.551. The van der Waals surface area contributed by atoms with Crippen molar-refractivity contribution in [3.63, 3.8) is 0 Å². The fourth-order valence-electron chi connectivity index (χ4n) is 3.05. The topological polar surface area (TPSA) is 0 Å². The van der Waals surface area contributed by atoms with Gasteiger partial charge in [0.15, 0.2) is 5.92 Å². The van der Waals surface area contributed by atoms with Crippen LogP contribution in [0.2, 0.25) is 0 Å². The number of halogens is 6. The van der Waals surface area contributed by atoms with E-state index in [2.05, 4.69) is 20.8 Å². The Kier molecular flexibility index (Phi) is 5.08. The SMILES string of the molecule is CC(C)(C)C1CCC(CC(C(F)(F)F)C(F)(F)F)CC1. The van der Waals surface area contributed by atoms with Gasteiger partial charge in [0.25, 0.3) is 0 Å². The van der Waals surface area contributed by atoms with E-state index in [1.807, 2.05) is 0 Å². The summed E-state index contributed by atoms with van der Waals surface area (Å²) in [6, 6.07) is 0. The van der Waals surface area contributed by atoms with Crippen molar-refractivity contribution in [3.05, 3.63) is 0 Å². The van der Waals surface area contributed by atoms with Gasteiger partial charge in [-0.2, -0.15) is 26.3 Å². The van der Waals surface area contributed by atoms with Crippen molar-refractivity contribution in [1.82, 2.24) is 0 Å². The standard InChI is InChI=1S/C14H22F6/c1-12(2,3)10-6-4-9(5-7-10)8-11(13(15,16)17)14(18,19)20/h9-11H,4-8H2,1-3H3. The molecule has 0 saturated heterocycles. The summed E-state index contributed by atoms with van der Waals surface area (Å²) in [5.74, 6) is -3.26. The van der Waals surface area contributed by atoms with Crippen molar-refractivity contribution in [1.29, 1.82) is 0 Å². The normalized spacial score (nSPS) is 26.1. The predicted octanol–water partition coefficient (Wildman–Crippen LogP) is 5.97. The molecule has 0 nitrogen and oxygen atoms in total. The van der Waals surface area contributed by atoms with Crippen molar-refractivity contribution in [2.45, 2.75) is 65.2 Å². The van der Waals surface area contributed by atoms with Crippen LogP contribution < -0.4 is 0 Å². The molecule has 1 aliphatic rings. The Morgan fingerprint density at radius 1 is 0.800 bits per heavy atom. The highest BCUT2D eigenvalue weighted by Crippen LogP contribution is 2.47. The molecule has 20 heavy (non-hydrogen) atoms. The first-order valence-corrected chi connectivity index (χ1v) is 6.95. The van der Waals surface area contributed by atoms with E-state index in [1.54, 1.807) is 0 Å². The Morgan fingerprint density at radius 2 is 1.20 bits per heavy atom. The summed E-state index contributed by atoms with van der Waals surface area (Å²) in [6.07, 6.45) is -8.84. The Bertz CT molecular complexity index is 287. The van der Waals surface area contributed by atoms with E-state index in [0.717, 1.165) is 12.8 Å². The van der Waals surface area contributed by atoms with E-state index in [4.69, 9.17) is 0 Å². The predicted molar refractivity (Wildman–Crippen MR) is 65.1 cm³/mol. The van der Waals surface area contributed by atoms with Crippen LogP contribution in [0, 0.1) is 23.2 Å². The first kappa shape index (κ1) is 17.6. The van der Waals surface area contributed by atoms with Crippen LogP contribution >= 0.6 is 0 Å². The summed E-state index contributed by atoms with van der Waals surface area (Å²) < 4.78 is 75.1. The number of alkyl halides is 6. The minimum atomic E-state index is -5.20. The van der Waals surface area contributed by atoms with Gasteiger partial charge >= 0.3 is 12.4 Å². The summed E-state index contributed by atoms with van der Waals surface area (Å²) in [7, 11) is 0. The Labute approximate surface area is 115 Å². The van der Waals surface area contributed by atoms with Gasteiger partial charge in [0.1, 0.15) is 0 Å². The van der Waals surface area contributed by atoms with Gasteiger partial charge in [0.2, 0.25) is 0 Å². The van der Waals surface area contributed by atoms with Crippen LogP contribution in [0.4, 0.5) is 26.3 Å². The fourth-order valence-corrected chi connectivity index (χ4v) is 3.05. The zero-order valence-electron chi connectivity index (χ0n) is 12.0. The molecule has 0 spiro atoms. The molecule has 0 heterocycles. The molecule has 0 unspecified atom stereocenters. The monoisotopic (exact) mass is 304 g/mol. The largest absolute Gasteiger partial charge is 0.400 e. The van der Waals surface area contributed by atoms with Crippen LogP contribution in [-0.2, 0) is 0 Å². The maximum Gasteiger partial charge on any atom is 0.400 e. The smallest absolute Gasteiger partial charge is 0.170 e. The minimum Gasteiger partial charge on any atom is -0.170 e.